The number of hydrogen-bond donors (Lipinski definition) is 1. The largest absolute Gasteiger partial charge is 0.396 e. The molecular formula is C9H11N3. The molecule has 0 atom stereocenters. The molecular weight excluding hydrogens is 150 g/mol. The minimum absolute atomic E-state index is 0.730. The summed E-state index contributed by atoms with van der Waals surface area (Å²) in [5, 5.41) is 0. The number of hydrogen-bond acceptors (Lipinski definition) is 2. The smallest absolute Gasteiger partial charge is 0.160 e. The second-order valence-electron chi connectivity index (χ2n) is 2.94. The second kappa shape index (κ2) is 2.24. The van der Waals surface area contributed by atoms with Gasteiger partial charge in [-0.1, -0.05) is 0 Å². The average Bonchev–Trinajstić information content (AvgIpc) is 2.32. The molecule has 0 saturated carbocycles. The van der Waals surface area contributed by atoms with Crippen molar-refractivity contribution in [3.63, 3.8) is 0 Å². The van der Waals surface area contributed by atoms with Gasteiger partial charge in [0.25, 0.3) is 0 Å². The summed E-state index contributed by atoms with van der Waals surface area (Å²) in [6, 6.07) is 3.79. The Morgan fingerprint density at radius 1 is 1.42 bits per heavy atom. The molecule has 0 unspecified atom stereocenters. The number of nitrogens with two attached hydrogens (primary N) is 1. The van der Waals surface area contributed by atoms with Crippen molar-refractivity contribution in [2.75, 3.05) is 5.73 Å². The molecule has 62 valence electrons. The van der Waals surface area contributed by atoms with Gasteiger partial charge >= 0.3 is 0 Å². The summed E-state index contributed by atoms with van der Waals surface area (Å²) in [5.41, 5.74) is 9.52. The molecule has 0 aliphatic rings. The highest BCUT2D eigenvalue weighted by atomic mass is 15.0. The number of nitrogens with zero attached hydrogens (tertiary/aromatic N) is 2. The van der Waals surface area contributed by atoms with Gasteiger partial charge in [0.2, 0.25) is 0 Å². The molecule has 0 amide bonds. The first-order valence-corrected chi connectivity index (χ1v) is 3.90. The van der Waals surface area contributed by atoms with Crippen LogP contribution in [0.5, 0.6) is 0 Å². The minimum Gasteiger partial charge on any atom is -0.396 e. The van der Waals surface area contributed by atoms with Crippen LogP contribution in [0, 0.1) is 13.8 Å². The third-order valence-electron chi connectivity index (χ3n) is 2.16. The predicted molar refractivity (Wildman–Crippen MR) is 49.1 cm³/mol. The lowest BCUT2D eigenvalue weighted by molar-refractivity contribution is 1.10. The number of aryl methyl sites for hydroxylation is 2. The molecule has 2 heterocycles. The number of rotatable bonds is 0. The number of imidazole rings is 1. The Kier molecular flexibility index (Phi) is 1.33. The van der Waals surface area contributed by atoms with Crippen molar-refractivity contribution < 1.29 is 0 Å². The Morgan fingerprint density at radius 3 is 2.83 bits per heavy atom. The van der Waals surface area contributed by atoms with E-state index in [4.69, 9.17) is 5.73 Å². The maximum atomic E-state index is 5.76. The maximum absolute atomic E-state index is 5.76. The molecule has 2 aromatic rings. The summed E-state index contributed by atoms with van der Waals surface area (Å²) in [5.74, 6) is 0. The van der Waals surface area contributed by atoms with Gasteiger partial charge in [0.15, 0.2) is 5.65 Å². The topological polar surface area (TPSA) is 43.3 Å². The van der Waals surface area contributed by atoms with Crippen LogP contribution in [-0.2, 0) is 0 Å². The van der Waals surface area contributed by atoms with E-state index in [9.17, 15) is 0 Å². The van der Waals surface area contributed by atoms with E-state index in [1.165, 1.54) is 0 Å². The molecule has 0 aromatic carbocycles. The molecule has 12 heavy (non-hydrogen) atoms. The van der Waals surface area contributed by atoms with Crippen LogP contribution in [0.3, 0.4) is 0 Å². The number of fused-ring (bicyclic) bond motifs is 1. The Morgan fingerprint density at radius 2 is 2.17 bits per heavy atom. The van der Waals surface area contributed by atoms with Crippen LogP contribution in [0.15, 0.2) is 18.3 Å². The number of nitrogen functional groups attached to an aromatic ring is 1. The van der Waals surface area contributed by atoms with Crippen molar-refractivity contribution in [3.8, 4) is 0 Å². The van der Waals surface area contributed by atoms with Crippen LogP contribution in [-0.4, -0.2) is 9.38 Å². The van der Waals surface area contributed by atoms with E-state index in [-0.39, 0.29) is 0 Å². The minimum atomic E-state index is 0.730. The molecule has 2 N–H and O–H groups in total. The van der Waals surface area contributed by atoms with Gasteiger partial charge in [-0.15, -0.1) is 0 Å². The van der Waals surface area contributed by atoms with Crippen LogP contribution < -0.4 is 5.73 Å². The Hall–Kier alpha value is -1.51. The van der Waals surface area contributed by atoms with E-state index in [1.54, 1.807) is 0 Å². The summed E-state index contributed by atoms with van der Waals surface area (Å²) in [4.78, 5) is 4.35. The van der Waals surface area contributed by atoms with Gasteiger partial charge in [-0.3, -0.25) is 0 Å². The molecule has 0 spiro atoms. The zero-order valence-corrected chi connectivity index (χ0v) is 7.20. The monoisotopic (exact) mass is 161 g/mol. The van der Waals surface area contributed by atoms with E-state index in [1.807, 2.05) is 36.6 Å². The zero-order chi connectivity index (χ0) is 8.72. The molecule has 0 saturated heterocycles. The molecule has 3 nitrogen and oxygen atoms in total. The standard InChI is InChI=1S/C9H11N3/c1-6-7(2)12-5-3-4-8(10)9(12)11-6/h3-5H,10H2,1-2H3. The Labute approximate surface area is 70.8 Å². The number of aromatic nitrogens is 2. The maximum Gasteiger partial charge on any atom is 0.160 e. The molecule has 0 bridgehead atoms. The molecule has 0 aliphatic heterocycles. The lowest BCUT2D eigenvalue weighted by atomic mass is 10.4. The highest BCUT2D eigenvalue weighted by Gasteiger charge is 2.04. The first-order valence-electron chi connectivity index (χ1n) is 3.90. The molecule has 0 aliphatic carbocycles. The van der Waals surface area contributed by atoms with Crippen LogP contribution in [0.2, 0.25) is 0 Å². The molecule has 2 rings (SSSR count). The van der Waals surface area contributed by atoms with Crippen molar-refractivity contribution in [2.24, 2.45) is 0 Å². The van der Waals surface area contributed by atoms with Gasteiger partial charge in [0.1, 0.15) is 0 Å². The summed E-state index contributed by atoms with van der Waals surface area (Å²) >= 11 is 0. The van der Waals surface area contributed by atoms with E-state index in [2.05, 4.69) is 4.98 Å². The fourth-order valence-corrected chi connectivity index (χ4v) is 1.32. The number of anilines is 1. The third kappa shape index (κ3) is 0.794. The van der Waals surface area contributed by atoms with Gasteiger partial charge in [-0.2, -0.15) is 0 Å². The van der Waals surface area contributed by atoms with Crippen LogP contribution >= 0.6 is 0 Å². The summed E-state index contributed by atoms with van der Waals surface area (Å²) in [6.07, 6.45) is 1.97. The van der Waals surface area contributed by atoms with Gasteiger partial charge in [0.05, 0.1) is 11.4 Å². The van der Waals surface area contributed by atoms with Gasteiger partial charge in [0, 0.05) is 11.9 Å². The van der Waals surface area contributed by atoms with Crippen molar-refractivity contribution >= 4 is 11.3 Å². The molecule has 3 heteroatoms. The third-order valence-corrected chi connectivity index (χ3v) is 2.16. The Balaban J connectivity index is 2.95. The molecule has 2 aromatic heterocycles. The lowest BCUT2D eigenvalue weighted by Gasteiger charge is -1.97. The normalized spacial score (nSPS) is 10.8. The average molecular weight is 161 g/mol. The first-order chi connectivity index (χ1) is 5.70. The highest BCUT2D eigenvalue weighted by molar-refractivity contribution is 5.65. The van der Waals surface area contributed by atoms with E-state index in [0.717, 1.165) is 22.7 Å². The van der Waals surface area contributed by atoms with E-state index >= 15 is 0 Å². The van der Waals surface area contributed by atoms with Crippen molar-refractivity contribution in [2.45, 2.75) is 13.8 Å². The van der Waals surface area contributed by atoms with Gasteiger partial charge < -0.3 is 10.1 Å². The van der Waals surface area contributed by atoms with E-state index in [0.29, 0.717) is 0 Å². The molecule has 0 radical (unpaired) electrons. The van der Waals surface area contributed by atoms with Crippen LogP contribution in [0.25, 0.3) is 5.65 Å². The van der Waals surface area contributed by atoms with Crippen LogP contribution in [0.1, 0.15) is 11.4 Å². The fraction of sp³-hybridized carbons (Fsp3) is 0.222. The SMILES string of the molecule is Cc1nc2c(N)cccn2c1C. The zero-order valence-electron chi connectivity index (χ0n) is 7.20. The van der Waals surface area contributed by atoms with Gasteiger partial charge in [-0.05, 0) is 26.0 Å². The lowest BCUT2D eigenvalue weighted by Crippen LogP contribution is -1.92. The fourth-order valence-electron chi connectivity index (χ4n) is 1.32. The highest BCUT2D eigenvalue weighted by Crippen LogP contribution is 2.15. The molecule has 0 fully saturated rings. The number of pyridine rings is 1. The van der Waals surface area contributed by atoms with Crippen molar-refractivity contribution in [1.29, 1.82) is 0 Å². The summed E-state index contributed by atoms with van der Waals surface area (Å²) < 4.78 is 2.00. The first kappa shape index (κ1) is 7.16. The van der Waals surface area contributed by atoms with Gasteiger partial charge in [-0.25, -0.2) is 4.98 Å². The predicted octanol–water partition coefficient (Wildman–Crippen LogP) is 1.53. The van der Waals surface area contributed by atoms with E-state index < -0.39 is 0 Å². The Bertz CT molecular complexity index is 429. The quantitative estimate of drug-likeness (QED) is 0.636. The van der Waals surface area contributed by atoms with Crippen molar-refractivity contribution in [1.82, 2.24) is 9.38 Å². The summed E-state index contributed by atoms with van der Waals surface area (Å²) in [6.45, 7) is 4.02. The van der Waals surface area contributed by atoms with Crippen LogP contribution in [0.4, 0.5) is 5.69 Å². The van der Waals surface area contributed by atoms with Crippen molar-refractivity contribution in [3.05, 3.63) is 29.7 Å². The second-order valence-corrected chi connectivity index (χ2v) is 2.94. The summed E-state index contributed by atoms with van der Waals surface area (Å²) in [7, 11) is 0.